The maximum Gasteiger partial charge on any atom is 0.420 e. The molecule has 0 amide bonds. The number of halogens is 4. The Balaban J connectivity index is 2.34. The van der Waals surface area contributed by atoms with Crippen molar-refractivity contribution in [2.24, 2.45) is 0 Å². The molecule has 0 heterocycles. The summed E-state index contributed by atoms with van der Waals surface area (Å²) in [5.74, 6) is 0. The largest absolute Gasteiger partial charge is 0.420 e. The Hall–Kier alpha value is -1.04. The van der Waals surface area contributed by atoms with Crippen LogP contribution in [0.1, 0.15) is 5.56 Å². The van der Waals surface area contributed by atoms with Crippen LogP contribution in [0.15, 0.2) is 54.6 Å². The summed E-state index contributed by atoms with van der Waals surface area (Å²) in [6.45, 7) is 0. The van der Waals surface area contributed by atoms with Gasteiger partial charge in [0.25, 0.3) is 0 Å². The lowest BCUT2D eigenvalue weighted by molar-refractivity contribution is -0.599. The molecule has 0 atom stereocenters. The average molecular weight is 349 g/mol. The van der Waals surface area contributed by atoms with E-state index in [0.29, 0.717) is 3.57 Å². The lowest BCUT2D eigenvalue weighted by Gasteiger charge is -2.05. The molecule has 0 N–H and O–H groups in total. The van der Waals surface area contributed by atoms with Crippen LogP contribution in [-0.4, -0.2) is 0 Å². The monoisotopic (exact) mass is 349 g/mol. The fraction of sp³-hybridized carbons (Fsp3) is 0.0769. The molecule has 0 nitrogen and oxygen atoms in total. The second-order valence-corrected chi connectivity index (χ2v) is 6.31. The lowest BCUT2D eigenvalue weighted by Crippen LogP contribution is -3.61. The van der Waals surface area contributed by atoms with Gasteiger partial charge in [-0.25, -0.2) is 0 Å². The summed E-state index contributed by atoms with van der Waals surface area (Å²) < 4.78 is 39.7. The van der Waals surface area contributed by atoms with E-state index >= 15 is 0 Å². The van der Waals surface area contributed by atoms with Crippen molar-refractivity contribution in [2.75, 3.05) is 0 Å². The van der Waals surface area contributed by atoms with Gasteiger partial charge >= 0.3 is 27.4 Å². The molecule has 88 valence electrons. The van der Waals surface area contributed by atoms with Crippen molar-refractivity contribution in [3.05, 3.63) is 67.3 Å². The summed E-state index contributed by atoms with van der Waals surface area (Å²) in [7, 11) is 0. The van der Waals surface area contributed by atoms with Gasteiger partial charge in [0.15, 0.2) is 3.57 Å². The molecule has 0 aromatic heterocycles. The van der Waals surface area contributed by atoms with E-state index in [1.807, 2.05) is 30.3 Å². The van der Waals surface area contributed by atoms with Crippen molar-refractivity contribution in [3.8, 4) is 0 Å². The first-order chi connectivity index (χ1) is 8.07. The minimum Gasteiger partial charge on any atom is -0.166 e. The van der Waals surface area contributed by atoms with E-state index in [1.165, 1.54) is 6.07 Å². The van der Waals surface area contributed by atoms with Crippen LogP contribution in [0.3, 0.4) is 0 Å². The Bertz CT molecular complexity index is 492. The Morgan fingerprint density at radius 1 is 0.765 bits per heavy atom. The predicted molar refractivity (Wildman–Crippen MR) is 55.3 cm³/mol. The second kappa shape index (κ2) is 5.08. The molecule has 17 heavy (non-hydrogen) atoms. The van der Waals surface area contributed by atoms with Crippen LogP contribution in [0.25, 0.3) is 0 Å². The highest BCUT2D eigenvalue weighted by Crippen LogP contribution is 2.28. The molecule has 0 unspecified atom stereocenters. The van der Waals surface area contributed by atoms with Crippen LogP contribution in [-0.2, 0) is 6.18 Å². The average Bonchev–Trinajstić information content (AvgIpc) is 2.30. The summed E-state index contributed by atoms with van der Waals surface area (Å²) in [4.78, 5) is 0. The summed E-state index contributed by atoms with van der Waals surface area (Å²) >= 11 is -0.779. The number of rotatable bonds is 2. The SMILES string of the molecule is FC(F)(F)c1ccccc1[I+]c1ccccc1. The van der Waals surface area contributed by atoms with E-state index in [4.69, 9.17) is 0 Å². The Labute approximate surface area is 108 Å². The van der Waals surface area contributed by atoms with E-state index in [-0.39, 0.29) is 0 Å². The molecule has 0 radical (unpaired) electrons. The molecule has 2 rings (SSSR count). The van der Waals surface area contributed by atoms with Gasteiger partial charge in [-0.3, -0.25) is 0 Å². The molecular formula is C13H9F3I+. The van der Waals surface area contributed by atoms with Gasteiger partial charge in [-0.1, -0.05) is 30.3 Å². The highest BCUT2D eigenvalue weighted by molar-refractivity contribution is 5.17. The third-order valence-electron chi connectivity index (χ3n) is 2.12. The lowest BCUT2D eigenvalue weighted by atomic mass is 10.2. The third kappa shape index (κ3) is 3.21. The molecule has 0 fully saturated rings. The van der Waals surface area contributed by atoms with E-state index in [0.717, 1.165) is 9.64 Å². The van der Waals surface area contributed by atoms with E-state index in [2.05, 4.69) is 0 Å². The normalized spacial score (nSPS) is 11.5. The van der Waals surface area contributed by atoms with Crippen molar-refractivity contribution in [2.45, 2.75) is 6.18 Å². The van der Waals surface area contributed by atoms with Gasteiger partial charge in [0.2, 0.25) is 3.57 Å². The zero-order chi connectivity index (χ0) is 12.3. The molecule has 2 aromatic rings. The van der Waals surface area contributed by atoms with Gasteiger partial charge in [-0.05, 0) is 24.3 Å². The van der Waals surface area contributed by atoms with Crippen LogP contribution >= 0.6 is 0 Å². The summed E-state index contributed by atoms with van der Waals surface area (Å²) in [5.41, 5.74) is -0.503. The number of alkyl halides is 3. The van der Waals surface area contributed by atoms with E-state index in [1.54, 1.807) is 12.1 Å². The summed E-state index contributed by atoms with van der Waals surface area (Å²) in [6.07, 6.45) is -4.26. The molecule has 2 aromatic carbocycles. The van der Waals surface area contributed by atoms with Gasteiger partial charge in [0, 0.05) is 0 Å². The molecule has 0 aliphatic heterocycles. The quantitative estimate of drug-likeness (QED) is 0.705. The summed E-state index contributed by atoms with van der Waals surface area (Å²) in [6, 6.07) is 15.1. The fourth-order valence-corrected chi connectivity index (χ4v) is 3.98. The molecule has 0 aliphatic rings. The zero-order valence-corrected chi connectivity index (χ0v) is 10.9. The minimum absolute atomic E-state index is 0.421. The smallest absolute Gasteiger partial charge is 0.166 e. The first-order valence-corrected chi connectivity index (χ1v) is 7.09. The molecular weight excluding hydrogens is 340 g/mol. The number of hydrogen-bond donors (Lipinski definition) is 0. The van der Waals surface area contributed by atoms with Crippen LogP contribution in [0.5, 0.6) is 0 Å². The van der Waals surface area contributed by atoms with Crippen LogP contribution in [0.2, 0.25) is 0 Å². The number of hydrogen-bond acceptors (Lipinski definition) is 0. The van der Waals surface area contributed by atoms with Gasteiger partial charge in [0.1, 0.15) is 5.56 Å². The van der Waals surface area contributed by atoms with E-state index in [9.17, 15) is 13.2 Å². The maximum absolute atomic E-state index is 12.8. The van der Waals surface area contributed by atoms with Crippen LogP contribution in [0.4, 0.5) is 13.2 Å². The standard InChI is InChI=1S/C13H9F3I/c14-13(15,16)11-8-4-5-9-12(11)17-10-6-2-1-3-7-10/h1-9H/q+1. The maximum atomic E-state index is 12.8. The highest BCUT2D eigenvalue weighted by atomic mass is 127. The van der Waals surface area contributed by atoms with Gasteiger partial charge < -0.3 is 0 Å². The Morgan fingerprint density at radius 2 is 1.35 bits per heavy atom. The highest BCUT2D eigenvalue weighted by Gasteiger charge is 2.37. The fourth-order valence-electron chi connectivity index (χ4n) is 1.37. The Kier molecular flexibility index (Phi) is 3.71. The molecule has 0 spiro atoms. The minimum atomic E-state index is -4.26. The third-order valence-corrected chi connectivity index (χ3v) is 4.99. The molecule has 4 heteroatoms. The van der Waals surface area contributed by atoms with Crippen molar-refractivity contribution < 1.29 is 34.4 Å². The van der Waals surface area contributed by atoms with Crippen molar-refractivity contribution in [3.63, 3.8) is 0 Å². The van der Waals surface area contributed by atoms with Crippen molar-refractivity contribution in [1.29, 1.82) is 0 Å². The van der Waals surface area contributed by atoms with Crippen molar-refractivity contribution in [1.82, 2.24) is 0 Å². The van der Waals surface area contributed by atoms with Crippen LogP contribution in [0, 0.1) is 7.14 Å². The molecule has 0 aliphatic carbocycles. The van der Waals surface area contributed by atoms with Gasteiger partial charge in [-0.15, -0.1) is 0 Å². The van der Waals surface area contributed by atoms with Gasteiger partial charge in [0.05, 0.1) is 0 Å². The molecule has 0 saturated carbocycles. The topological polar surface area (TPSA) is 0 Å². The number of benzene rings is 2. The predicted octanol–water partition coefficient (Wildman–Crippen LogP) is 0.834. The van der Waals surface area contributed by atoms with Crippen LogP contribution < -0.4 is 21.2 Å². The van der Waals surface area contributed by atoms with E-state index < -0.39 is 32.9 Å². The zero-order valence-electron chi connectivity index (χ0n) is 8.71. The van der Waals surface area contributed by atoms with Gasteiger partial charge in [-0.2, -0.15) is 13.2 Å². The second-order valence-electron chi connectivity index (χ2n) is 3.37. The summed E-state index contributed by atoms with van der Waals surface area (Å²) in [5, 5.41) is 0. The Morgan fingerprint density at radius 3 is 2.00 bits per heavy atom. The molecule has 0 saturated heterocycles. The first-order valence-electron chi connectivity index (χ1n) is 4.93. The molecule has 0 bridgehead atoms. The first kappa shape index (κ1) is 12.4. The van der Waals surface area contributed by atoms with Crippen molar-refractivity contribution >= 4 is 0 Å².